The maximum Gasteiger partial charge on any atom is 0.226 e. The summed E-state index contributed by atoms with van der Waals surface area (Å²) in [6, 6.07) is 6.75. The molecule has 0 radical (unpaired) electrons. The molecule has 1 heterocycles. The molecule has 2 aromatic rings. The standard InChI is InChI=1S/C17H21FN2OS2/c1-12(2)7-8-19-16(21)9-14-11-23-17(20-14)22-10-13-5-3-4-6-15(13)18/h3-6,11-12H,7-10H2,1-2H3,(H,19,21). The van der Waals surface area contributed by atoms with Crippen LogP contribution in [0.3, 0.4) is 0 Å². The van der Waals surface area contributed by atoms with Crippen molar-refractivity contribution in [3.8, 4) is 0 Å². The van der Waals surface area contributed by atoms with Gasteiger partial charge in [0, 0.05) is 17.7 Å². The normalized spacial score (nSPS) is 11.0. The van der Waals surface area contributed by atoms with E-state index in [1.165, 1.54) is 29.2 Å². The zero-order chi connectivity index (χ0) is 16.7. The van der Waals surface area contributed by atoms with Crippen LogP contribution < -0.4 is 5.32 Å². The van der Waals surface area contributed by atoms with Gasteiger partial charge in [0.1, 0.15) is 10.2 Å². The van der Waals surface area contributed by atoms with Crippen molar-refractivity contribution in [2.24, 2.45) is 5.92 Å². The summed E-state index contributed by atoms with van der Waals surface area (Å²) in [4.78, 5) is 16.3. The first kappa shape index (κ1) is 17.9. The Hall–Kier alpha value is -1.40. The summed E-state index contributed by atoms with van der Waals surface area (Å²) in [5.41, 5.74) is 1.44. The zero-order valence-corrected chi connectivity index (χ0v) is 15.0. The number of hydrogen-bond acceptors (Lipinski definition) is 4. The first-order valence-electron chi connectivity index (χ1n) is 7.62. The van der Waals surface area contributed by atoms with Gasteiger partial charge in [-0.1, -0.05) is 43.8 Å². The summed E-state index contributed by atoms with van der Waals surface area (Å²) in [6.07, 6.45) is 1.28. The molecule has 0 aliphatic heterocycles. The molecule has 0 saturated carbocycles. The van der Waals surface area contributed by atoms with E-state index in [2.05, 4.69) is 24.1 Å². The number of rotatable bonds is 8. The fraction of sp³-hybridized carbons (Fsp3) is 0.412. The van der Waals surface area contributed by atoms with Gasteiger partial charge in [-0.05, 0) is 24.0 Å². The van der Waals surface area contributed by atoms with Crippen molar-refractivity contribution in [3.05, 3.63) is 46.7 Å². The molecule has 0 unspecified atom stereocenters. The molecule has 0 atom stereocenters. The van der Waals surface area contributed by atoms with Gasteiger partial charge in [0.2, 0.25) is 5.91 Å². The molecule has 3 nitrogen and oxygen atoms in total. The quantitative estimate of drug-likeness (QED) is 0.721. The van der Waals surface area contributed by atoms with E-state index in [0.717, 1.165) is 16.5 Å². The van der Waals surface area contributed by atoms with Gasteiger partial charge in [0.25, 0.3) is 0 Å². The van der Waals surface area contributed by atoms with E-state index in [9.17, 15) is 9.18 Å². The van der Waals surface area contributed by atoms with E-state index in [-0.39, 0.29) is 11.7 Å². The molecule has 0 fully saturated rings. The minimum Gasteiger partial charge on any atom is -0.356 e. The summed E-state index contributed by atoms with van der Waals surface area (Å²) in [5, 5.41) is 4.80. The summed E-state index contributed by atoms with van der Waals surface area (Å²) in [5.74, 6) is 0.930. The zero-order valence-electron chi connectivity index (χ0n) is 13.3. The van der Waals surface area contributed by atoms with Crippen LogP contribution in [0.25, 0.3) is 0 Å². The number of nitrogens with one attached hydrogen (secondary N) is 1. The van der Waals surface area contributed by atoms with Crippen molar-refractivity contribution in [2.45, 2.75) is 36.8 Å². The largest absolute Gasteiger partial charge is 0.356 e. The Labute approximate surface area is 144 Å². The SMILES string of the molecule is CC(C)CCNC(=O)Cc1csc(SCc2ccccc2F)n1. The number of halogens is 1. The molecule has 23 heavy (non-hydrogen) atoms. The second-order valence-electron chi connectivity index (χ2n) is 5.69. The van der Waals surface area contributed by atoms with E-state index >= 15 is 0 Å². The van der Waals surface area contributed by atoms with E-state index < -0.39 is 0 Å². The number of carbonyl (C=O) groups excluding carboxylic acids is 1. The van der Waals surface area contributed by atoms with Crippen molar-refractivity contribution in [2.75, 3.05) is 6.54 Å². The fourth-order valence-corrected chi connectivity index (χ4v) is 3.75. The molecular formula is C17H21FN2OS2. The number of aromatic nitrogens is 1. The smallest absolute Gasteiger partial charge is 0.226 e. The molecule has 6 heteroatoms. The van der Waals surface area contributed by atoms with Crippen molar-refractivity contribution in [1.29, 1.82) is 0 Å². The van der Waals surface area contributed by atoms with Gasteiger partial charge in [-0.15, -0.1) is 11.3 Å². The molecule has 0 aliphatic carbocycles. The lowest BCUT2D eigenvalue weighted by Crippen LogP contribution is -2.26. The van der Waals surface area contributed by atoms with E-state index in [1.54, 1.807) is 12.1 Å². The fourth-order valence-electron chi connectivity index (χ4n) is 1.92. The summed E-state index contributed by atoms with van der Waals surface area (Å²) < 4.78 is 14.4. The van der Waals surface area contributed by atoms with Gasteiger partial charge in [0.05, 0.1) is 12.1 Å². The first-order chi connectivity index (χ1) is 11.0. The maximum absolute atomic E-state index is 13.6. The Morgan fingerprint density at radius 1 is 1.39 bits per heavy atom. The highest BCUT2D eigenvalue weighted by atomic mass is 32.2. The Morgan fingerprint density at radius 2 is 2.17 bits per heavy atom. The summed E-state index contributed by atoms with van der Waals surface area (Å²) >= 11 is 2.99. The number of amides is 1. The molecule has 0 bridgehead atoms. The van der Waals surface area contributed by atoms with Crippen LogP contribution in [-0.4, -0.2) is 17.4 Å². The Kier molecular flexibility index (Phi) is 7.05. The number of thioether (sulfide) groups is 1. The third kappa shape index (κ3) is 6.31. The molecule has 1 aromatic heterocycles. The minimum atomic E-state index is -0.193. The predicted molar refractivity (Wildman–Crippen MR) is 94.2 cm³/mol. The van der Waals surface area contributed by atoms with Crippen molar-refractivity contribution in [3.63, 3.8) is 0 Å². The predicted octanol–water partition coefficient (Wildman–Crippen LogP) is 4.28. The maximum atomic E-state index is 13.6. The molecular weight excluding hydrogens is 331 g/mol. The second kappa shape index (κ2) is 9.03. The highest BCUT2D eigenvalue weighted by molar-refractivity contribution is 8.00. The van der Waals surface area contributed by atoms with Gasteiger partial charge >= 0.3 is 0 Å². The highest BCUT2D eigenvalue weighted by Gasteiger charge is 2.09. The second-order valence-corrected chi connectivity index (χ2v) is 7.77. The van der Waals surface area contributed by atoms with Crippen LogP contribution in [0.2, 0.25) is 0 Å². The van der Waals surface area contributed by atoms with Crippen LogP contribution in [-0.2, 0) is 17.0 Å². The van der Waals surface area contributed by atoms with Crippen LogP contribution in [0.5, 0.6) is 0 Å². The summed E-state index contributed by atoms with van der Waals surface area (Å²) in [6.45, 7) is 4.97. The van der Waals surface area contributed by atoms with Crippen LogP contribution in [0.1, 0.15) is 31.5 Å². The average molecular weight is 352 g/mol. The molecule has 0 saturated heterocycles. The third-order valence-corrected chi connectivity index (χ3v) is 5.34. The molecule has 124 valence electrons. The Balaban J connectivity index is 1.79. The lowest BCUT2D eigenvalue weighted by Gasteiger charge is -2.06. The van der Waals surface area contributed by atoms with Gasteiger partial charge in [-0.2, -0.15) is 0 Å². The van der Waals surface area contributed by atoms with Gasteiger partial charge < -0.3 is 5.32 Å². The van der Waals surface area contributed by atoms with Crippen LogP contribution in [0.15, 0.2) is 34.0 Å². The van der Waals surface area contributed by atoms with E-state index in [4.69, 9.17) is 0 Å². The number of nitrogens with zero attached hydrogens (tertiary/aromatic N) is 1. The number of thiazole rings is 1. The van der Waals surface area contributed by atoms with Crippen LogP contribution >= 0.6 is 23.1 Å². The van der Waals surface area contributed by atoms with Crippen LogP contribution in [0, 0.1) is 11.7 Å². The minimum absolute atomic E-state index is 0.00149. The van der Waals surface area contributed by atoms with Gasteiger partial charge in [-0.25, -0.2) is 9.37 Å². The number of carbonyl (C=O) groups is 1. The lowest BCUT2D eigenvalue weighted by molar-refractivity contribution is -0.120. The highest BCUT2D eigenvalue weighted by Crippen LogP contribution is 2.27. The Bertz CT molecular complexity index is 643. The molecule has 0 spiro atoms. The average Bonchev–Trinajstić information content (AvgIpc) is 2.93. The molecule has 1 amide bonds. The van der Waals surface area contributed by atoms with Gasteiger partial charge in [0.15, 0.2) is 0 Å². The van der Waals surface area contributed by atoms with Crippen LogP contribution in [0.4, 0.5) is 4.39 Å². The van der Waals surface area contributed by atoms with Gasteiger partial charge in [-0.3, -0.25) is 4.79 Å². The van der Waals surface area contributed by atoms with E-state index in [0.29, 0.717) is 30.2 Å². The molecule has 0 aliphatic rings. The molecule has 1 aromatic carbocycles. The Morgan fingerprint density at radius 3 is 2.91 bits per heavy atom. The lowest BCUT2D eigenvalue weighted by atomic mass is 10.1. The van der Waals surface area contributed by atoms with Crippen molar-refractivity contribution in [1.82, 2.24) is 10.3 Å². The topological polar surface area (TPSA) is 42.0 Å². The monoisotopic (exact) mass is 352 g/mol. The van der Waals surface area contributed by atoms with Crippen molar-refractivity contribution >= 4 is 29.0 Å². The number of hydrogen-bond donors (Lipinski definition) is 1. The third-order valence-electron chi connectivity index (χ3n) is 3.23. The molecule has 2 rings (SSSR count). The number of benzene rings is 1. The summed E-state index contributed by atoms with van der Waals surface area (Å²) in [7, 11) is 0. The van der Waals surface area contributed by atoms with E-state index in [1.807, 2.05) is 11.4 Å². The first-order valence-corrected chi connectivity index (χ1v) is 9.48. The van der Waals surface area contributed by atoms with Crippen molar-refractivity contribution < 1.29 is 9.18 Å². The molecule has 1 N–H and O–H groups in total.